The van der Waals surface area contributed by atoms with Gasteiger partial charge in [0.05, 0.1) is 6.54 Å². The molecule has 0 spiro atoms. The summed E-state index contributed by atoms with van der Waals surface area (Å²) >= 11 is 0. The van der Waals surface area contributed by atoms with Gasteiger partial charge in [-0.3, -0.25) is 14.5 Å². The highest BCUT2D eigenvalue weighted by molar-refractivity contribution is 5.94. The van der Waals surface area contributed by atoms with Crippen LogP contribution in [-0.2, 0) is 4.79 Å². The summed E-state index contributed by atoms with van der Waals surface area (Å²) < 4.78 is 0. The van der Waals surface area contributed by atoms with Crippen molar-refractivity contribution in [3.05, 3.63) is 60.2 Å². The average molecular weight is 393 g/mol. The molecule has 152 valence electrons. The molecule has 4 rings (SSSR count). The molecule has 2 aromatic rings. The van der Waals surface area contributed by atoms with Crippen molar-refractivity contribution in [2.75, 3.05) is 56.0 Å². The second kappa shape index (κ2) is 9.09. The number of nitrogens with one attached hydrogen (secondary N) is 1. The number of carbonyl (C=O) groups excluding carboxylic acids is 2. The number of amides is 2. The monoisotopic (exact) mass is 392 g/mol. The van der Waals surface area contributed by atoms with E-state index in [1.54, 1.807) is 0 Å². The first kappa shape index (κ1) is 19.5. The van der Waals surface area contributed by atoms with Gasteiger partial charge in [0.2, 0.25) is 5.91 Å². The Hall–Kier alpha value is -2.86. The van der Waals surface area contributed by atoms with Gasteiger partial charge in [0.1, 0.15) is 0 Å². The van der Waals surface area contributed by atoms with Gasteiger partial charge in [-0.15, -0.1) is 0 Å². The van der Waals surface area contributed by atoms with Crippen LogP contribution in [0, 0.1) is 0 Å². The number of hydrogen-bond acceptors (Lipinski definition) is 4. The maximum atomic E-state index is 12.5. The lowest BCUT2D eigenvalue weighted by Crippen LogP contribution is -2.50. The van der Waals surface area contributed by atoms with Crippen molar-refractivity contribution in [2.45, 2.75) is 12.8 Å². The smallest absolute Gasteiger partial charge is 0.253 e. The van der Waals surface area contributed by atoms with E-state index in [-0.39, 0.29) is 11.8 Å². The van der Waals surface area contributed by atoms with Crippen LogP contribution in [0.2, 0.25) is 0 Å². The number of carbonyl (C=O) groups is 2. The second-order valence-electron chi connectivity index (χ2n) is 7.72. The molecule has 2 aliphatic heterocycles. The number of benzene rings is 2. The molecule has 2 fully saturated rings. The maximum absolute atomic E-state index is 12.5. The van der Waals surface area contributed by atoms with Crippen molar-refractivity contribution in [3.8, 4) is 0 Å². The van der Waals surface area contributed by atoms with Gasteiger partial charge in [-0.05, 0) is 49.2 Å². The summed E-state index contributed by atoms with van der Waals surface area (Å²) in [5.74, 6) is 0.0505. The highest BCUT2D eigenvalue weighted by Crippen LogP contribution is 2.22. The highest BCUT2D eigenvalue weighted by Gasteiger charge is 2.23. The van der Waals surface area contributed by atoms with Gasteiger partial charge in [0, 0.05) is 56.2 Å². The van der Waals surface area contributed by atoms with Gasteiger partial charge in [-0.2, -0.15) is 0 Å². The van der Waals surface area contributed by atoms with Crippen molar-refractivity contribution in [3.63, 3.8) is 0 Å². The van der Waals surface area contributed by atoms with Gasteiger partial charge >= 0.3 is 0 Å². The zero-order valence-corrected chi connectivity index (χ0v) is 16.7. The molecule has 2 aromatic carbocycles. The van der Waals surface area contributed by atoms with Gasteiger partial charge in [0.15, 0.2) is 0 Å². The molecule has 2 saturated heterocycles. The van der Waals surface area contributed by atoms with Crippen LogP contribution in [0.5, 0.6) is 0 Å². The topological polar surface area (TPSA) is 55.9 Å². The van der Waals surface area contributed by atoms with Crippen LogP contribution in [0.15, 0.2) is 54.6 Å². The first-order valence-electron chi connectivity index (χ1n) is 10.4. The van der Waals surface area contributed by atoms with Crippen LogP contribution in [-0.4, -0.2) is 67.4 Å². The minimum Gasteiger partial charge on any atom is -0.372 e. The molecule has 0 atom stereocenters. The largest absolute Gasteiger partial charge is 0.372 e. The van der Waals surface area contributed by atoms with E-state index in [2.05, 4.69) is 27.2 Å². The van der Waals surface area contributed by atoms with Crippen LogP contribution in [0.1, 0.15) is 23.2 Å². The molecule has 0 aliphatic carbocycles. The Balaban J connectivity index is 1.23. The van der Waals surface area contributed by atoms with Gasteiger partial charge in [-0.25, -0.2) is 0 Å². The Bertz CT molecular complexity index is 824. The number of piperazine rings is 1. The van der Waals surface area contributed by atoms with Crippen molar-refractivity contribution >= 4 is 23.2 Å². The molecule has 6 heteroatoms. The highest BCUT2D eigenvalue weighted by atomic mass is 16.2. The van der Waals surface area contributed by atoms with Crippen molar-refractivity contribution < 1.29 is 9.59 Å². The SMILES string of the molecule is O=C(CN1CCN(C(=O)c2ccccc2)CC1)Nc1ccc(N2CCCC2)cc1. The van der Waals surface area contributed by atoms with E-state index in [1.165, 1.54) is 18.5 Å². The fraction of sp³-hybridized carbons (Fsp3) is 0.391. The lowest BCUT2D eigenvalue weighted by Gasteiger charge is -2.34. The molecule has 0 saturated carbocycles. The molecule has 2 heterocycles. The van der Waals surface area contributed by atoms with E-state index < -0.39 is 0 Å². The maximum Gasteiger partial charge on any atom is 0.253 e. The third-order valence-corrected chi connectivity index (χ3v) is 5.67. The second-order valence-corrected chi connectivity index (χ2v) is 7.72. The van der Waals surface area contributed by atoms with Crippen molar-refractivity contribution in [2.24, 2.45) is 0 Å². The van der Waals surface area contributed by atoms with E-state index in [1.807, 2.05) is 47.4 Å². The Morgan fingerprint density at radius 2 is 1.45 bits per heavy atom. The van der Waals surface area contributed by atoms with E-state index in [0.29, 0.717) is 32.7 Å². The summed E-state index contributed by atoms with van der Waals surface area (Å²) in [7, 11) is 0. The Morgan fingerprint density at radius 1 is 0.793 bits per heavy atom. The fourth-order valence-corrected chi connectivity index (χ4v) is 4.01. The fourth-order valence-electron chi connectivity index (χ4n) is 4.01. The molecule has 2 amide bonds. The minimum absolute atomic E-state index is 0.0123. The summed E-state index contributed by atoms with van der Waals surface area (Å²) in [5.41, 5.74) is 2.77. The number of hydrogen-bond donors (Lipinski definition) is 1. The first-order valence-corrected chi connectivity index (χ1v) is 10.4. The third-order valence-electron chi connectivity index (χ3n) is 5.67. The average Bonchev–Trinajstić information content (AvgIpc) is 3.30. The van der Waals surface area contributed by atoms with E-state index in [4.69, 9.17) is 0 Å². The van der Waals surface area contributed by atoms with Crippen LogP contribution < -0.4 is 10.2 Å². The lowest BCUT2D eigenvalue weighted by atomic mass is 10.2. The number of anilines is 2. The molecule has 6 nitrogen and oxygen atoms in total. The third kappa shape index (κ3) is 4.95. The summed E-state index contributed by atoms with van der Waals surface area (Å²) in [6.45, 7) is 5.28. The molecule has 0 unspecified atom stereocenters. The molecular formula is C23H28N4O2. The van der Waals surface area contributed by atoms with Crippen molar-refractivity contribution in [1.29, 1.82) is 0 Å². The Kier molecular flexibility index (Phi) is 6.10. The van der Waals surface area contributed by atoms with Crippen LogP contribution in [0.4, 0.5) is 11.4 Å². The Labute approximate surface area is 172 Å². The van der Waals surface area contributed by atoms with Crippen LogP contribution in [0.25, 0.3) is 0 Å². The zero-order chi connectivity index (χ0) is 20.1. The molecule has 0 bridgehead atoms. The summed E-state index contributed by atoms with van der Waals surface area (Å²) in [4.78, 5) is 31.3. The number of rotatable bonds is 5. The standard InChI is InChI=1S/C23H28N4O2/c28-22(24-20-8-10-21(11-9-20)26-12-4-5-13-26)18-25-14-16-27(17-15-25)23(29)19-6-2-1-3-7-19/h1-3,6-11H,4-5,12-18H2,(H,24,28). The molecular weight excluding hydrogens is 364 g/mol. The van der Waals surface area contributed by atoms with Gasteiger partial charge in [-0.1, -0.05) is 18.2 Å². The van der Waals surface area contributed by atoms with E-state index in [9.17, 15) is 9.59 Å². The van der Waals surface area contributed by atoms with E-state index in [0.717, 1.165) is 24.3 Å². The minimum atomic E-state index is -0.0123. The predicted molar refractivity (Wildman–Crippen MR) is 115 cm³/mol. The van der Waals surface area contributed by atoms with Crippen LogP contribution in [0.3, 0.4) is 0 Å². The van der Waals surface area contributed by atoms with Gasteiger partial charge < -0.3 is 15.1 Å². The molecule has 1 N–H and O–H groups in total. The van der Waals surface area contributed by atoms with Crippen molar-refractivity contribution in [1.82, 2.24) is 9.80 Å². The van der Waals surface area contributed by atoms with Crippen LogP contribution >= 0.6 is 0 Å². The predicted octanol–water partition coefficient (Wildman–Crippen LogP) is 2.68. The first-order chi connectivity index (χ1) is 14.2. The van der Waals surface area contributed by atoms with Gasteiger partial charge in [0.25, 0.3) is 5.91 Å². The summed E-state index contributed by atoms with van der Waals surface area (Å²) in [5, 5.41) is 2.99. The van der Waals surface area contributed by atoms with E-state index >= 15 is 0 Å². The number of nitrogens with zero attached hydrogens (tertiary/aromatic N) is 3. The lowest BCUT2D eigenvalue weighted by molar-refractivity contribution is -0.117. The quantitative estimate of drug-likeness (QED) is 0.850. The zero-order valence-electron chi connectivity index (χ0n) is 16.7. The normalized spacial score (nSPS) is 17.4. The summed E-state index contributed by atoms with van der Waals surface area (Å²) in [6.07, 6.45) is 2.51. The molecule has 0 aromatic heterocycles. The molecule has 29 heavy (non-hydrogen) atoms. The molecule has 2 aliphatic rings. The summed E-state index contributed by atoms with van der Waals surface area (Å²) in [6, 6.07) is 17.5. The Morgan fingerprint density at radius 3 is 2.10 bits per heavy atom. The molecule has 0 radical (unpaired) electrons.